The highest BCUT2D eigenvalue weighted by Crippen LogP contribution is 2.14. The molecule has 0 aliphatic rings. The van der Waals surface area contributed by atoms with E-state index in [4.69, 9.17) is 0 Å². The third-order valence-electron chi connectivity index (χ3n) is 1.68. The van der Waals surface area contributed by atoms with Crippen molar-refractivity contribution in [1.82, 2.24) is 15.0 Å². The summed E-state index contributed by atoms with van der Waals surface area (Å²) in [6, 6.07) is 0. The van der Waals surface area contributed by atoms with Gasteiger partial charge in [0.15, 0.2) is 0 Å². The van der Waals surface area contributed by atoms with Crippen LogP contribution in [0.1, 0.15) is 5.56 Å². The van der Waals surface area contributed by atoms with Crippen molar-refractivity contribution in [2.45, 2.75) is 0 Å². The van der Waals surface area contributed by atoms with Gasteiger partial charge in [0.2, 0.25) is 11.0 Å². The largest absolute Gasteiger partial charge is 0.494 e. The number of thiazole rings is 1. The van der Waals surface area contributed by atoms with Gasteiger partial charge in [-0.2, -0.15) is 0 Å². The molecular weight excluding hydrogens is 232 g/mol. The molecule has 0 saturated carbocycles. The Morgan fingerprint density at radius 2 is 2.25 bits per heavy atom. The molecule has 0 bridgehead atoms. The van der Waals surface area contributed by atoms with E-state index in [2.05, 4.69) is 9.98 Å². The number of aromatic hydroxyl groups is 1. The molecule has 0 spiro atoms. The highest BCUT2D eigenvalue weighted by molar-refractivity contribution is 7.13. The molecule has 82 valence electrons. The fourth-order valence-electron chi connectivity index (χ4n) is 1.00. The standard InChI is InChI=1S/C8H6N4O3S/c13-5-4(6(14)12-7(15)11-5)3-10-8-9-1-2-16-8/h1-3H,(H3,11,12,13,14,15). The van der Waals surface area contributed by atoms with E-state index in [0.29, 0.717) is 5.13 Å². The lowest BCUT2D eigenvalue weighted by molar-refractivity contribution is 0.447. The first-order chi connectivity index (χ1) is 7.66. The van der Waals surface area contributed by atoms with Crippen molar-refractivity contribution >= 4 is 22.7 Å². The zero-order chi connectivity index (χ0) is 11.5. The molecule has 0 saturated heterocycles. The molecule has 7 nitrogen and oxygen atoms in total. The van der Waals surface area contributed by atoms with Crippen molar-refractivity contribution in [3.8, 4) is 5.88 Å². The predicted octanol–water partition coefficient (Wildman–Crippen LogP) is -0.0241. The Labute approximate surface area is 92.2 Å². The van der Waals surface area contributed by atoms with Gasteiger partial charge in [0.05, 0.1) is 0 Å². The van der Waals surface area contributed by atoms with Gasteiger partial charge < -0.3 is 5.11 Å². The minimum absolute atomic E-state index is 0.116. The van der Waals surface area contributed by atoms with Gasteiger partial charge in [0.1, 0.15) is 5.56 Å². The Hall–Kier alpha value is -2.22. The van der Waals surface area contributed by atoms with E-state index in [9.17, 15) is 14.7 Å². The number of H-pyrrole nitrogens is 2. The van der Waals surface area contributed by atoms with Crippen LogP contribution in [0.4, 0.5) is 5.13 Å². The molecule has 0 atom stereocenters. The highest BCUT2D eigenvalue weighted by atomic mass is 32.1. The van der Waals surface area contributed by atoms with Crippen molar-refractivity contribution in [1.29, 1.82) is 0 Å². The van der Waals surface area contributed by atoms with E-state index in [1.165, 1.54) is 11.3 Å². The van der Waals surface area contributed by atoms with Gasteiger partial charge in [0, 0.05) is 17.8 Å². The van der Waals surface area contributed by atoms with Crippen LogP contribution < -0.4 is 11.2 Å². The second-order valence-corrected chi connectivity index (χ2v) is 3.62. The first kappa shape index (κ1) is 10.3. The van der Waals surface area contributed by atoms with Gasteiger partial charge in [-0.3, -0.25) is 14.8 Å². The van der Waals surface area contributed by atoms with Crippen LogP contribution in [0.5, 0.6) is 5.88 Å². The molecular formula is C8H6N4O3S. The van der Waals surface area contributed by atoms with Crippen molar-refractivity contribution in [3.05, 3.63) is 38.0 Å². The molecule has 2 aromatic heterocycles. The van der Waals surface area contributed by atoms with E-state index < -0.39 is 17.1 Å². The number of hydrogen-bond donors (Lipinski definition) is 3. The molecule has 2 rings (SSSR count). The van der Waals surface area contributed by atoms with Crippen molar-refractivity contribution < 1.29 is 5.11 Å². The number of rotatable bonds is 2. The summed E-state index contributed by atoms with van der Waals surface area (Å²) in [4.78, 5) is 33.8. The number of hydrogen-bond acceptors (Lipinski definition) is 6. The second-order valence-electron chi connectivity index (χ2n) is 2.74. The van der Waals surface area contributed by atoms with Gasteiger partial charge in [-0.05, 0) is 0 Å². The smallest absolute Gasteiger partial charge is 0.328 e. The maximum Gasteiger partial charge on any atom is 0.328 e. The first-order valence-corrected chi connectivity index (χ1v) is 5.04. The van der Waals surface area contributed by atoms with Gasteiger partial charge in [-0.15, -0.1) is 11.3 Å². The zero-order valence-corrected chi connectivity index (χ0v) is 8.61. The van der Waals surface area contributed by atoms with Gasteiger partial charge in [-0.1, -0.05) is 0 Å². The summed E-state index contributed by atoms with van der Waals surface area (Å²) in [6.45, 7) is 0. The molecule has 0 radical (unpaired) electrons. The normalized spacial score (nSPS) is 11.0. The summed E-state index contributed by atoms with van der Waals surface area (Å²) < 4.78 is 0. The van der Waals surface area contributed by atoms with Gasteiger partial charge >= 0.3 is 5.69 Å². The van der Waals surface area contributed by atoms with Crippen LogP contribution in [0.3, 0.4) is 0 Å². The van der Waals surface area contributed by atoms with Crippen LogP contribution in [0.25, 0.3) is 0 Å². The monoisotopic (exact) mass is 238 g/mol. The first-order valence-electron chi connectivity index (χ1n) is 4.16. The van der Waals surface area contributed by atoms with Crippen LogP contribution >= 0.6 is 11.3 Å². The molecule has 16 heavy (non-hydrogen) atoms. The Kier molecular flexibility index (Phi) is 2.64. The molecule has 3 N–H and O–H groups in total. The summed E-state index contributed by atoms with van der Waals surface area (Å²) in [6.07, 6.45) is 2.71. The van der Waals surface area contributed by atoms with Gasteiger partial charge in [0.25, 0.3) is 5.56 Å². The van der Waals surface area contributed by atoms with Crippen molar-refractivity contribution in [2.75, 3.05) is 0 Å². The zero-order valence-electron chi connectivity index (χ0n) is 7.80. The van der Waals surface area contributed by atoms with E-state index >= 15 is 0 Å². The molecule has 0 fully saturated rings. The lowest BCUT2D eigenvalue weighted by atomic mass is 10.3. The Morgan fingerprint density at radius 3 is 2.88 bits per heavy atom. The molecule has 8 heteroatoms. The van der Waals surface area contributed by atoms with E-state index in [1.54, 1.807) is 11.6 Å². The number of aromatic nitrogens is 3. The minimum Gasteiger partial charge on any atom is -0.494 e. The highest BCUT2D eigenvalue weighted by Gasteiger charge is 2.05. The molecule has 0 unspecified atom stereocenters. The maximum absolute atomic E-state index is 11.3. The van der Waals surface area contributed by atoms with Crippen LogP contribution in [0, 0.1) is 0 Å². The topological polar surface area (TPSA) is 111 Å². The summed E-state index contributed by atoms with van der Waals surface area (Å²) >= 11 is 1.28. The Bertz CT molecular complexity index is 625. The van der Waals surface area contributed by atoms with Crippen LogP contribution in [0.15, 0.2) is 26.2 Å². The summed E-state index contributed by atoms with van der Waals surface area (Å²) in [5.41, 5.74) is -1.59. The number of aromatic amines is 2. The van der Waals surface area contributed by atoms with Gasteiger partial charge in [-0.25, -0.2) is 14.8 Å². The van der Waals surface area contributed by atoms with Crippen LogP contribution in [-0.4, -0.2) is 26.3 Å². The van der Waals surface area contributed by atoms with E-state index in [-0.39, 0.29) is 5.56 Å². The predicted molar refractivity (Wildman–Crippen MR) is 58.7 cm³/mol. The summed E-state index contributed by atoms with van der Waals surface area (Å²) in [5.74, 6) is -0.519. The lowest BCUT2D eigenvalue weighted by Gasteiger charge is -1.94. The average Bonchev–Trinajstić information content (AvgIpc) is 2.68. The van der Waals surface area contributed by atoms with Crippen molar-refractivity contribution in [2.24, 2.45) is 4.99 Å². The van der Waals surface area contributed by atoms with Crippen molar-refractivity contribution in [3.63, 3.8) is 0 Å². The molecule has 0 amide bonds. The second kappa shape index (κ2) is 4.11. The van der Waals surface area contributed by atoms with Crippen LogP contribution in [0.2, 0.25) is 0 Å². The SMILES string of the molecule is O=c1[nH]c(O)c(C=Nc2nccs2)c(=O)[nH]1. The minimum atomic E-state index is -0.770. The number of nitrogens with one attached hydrogen (secondary N) is 2. The van der Waals surface area contributed by atoms with Crippen LogP contribution in [-0.2, 0) is 0 Å². The molecule has 0 aliphatic carbocycles. The third kappa shape index (κ3) is 2.06. The average molecular weight is 238 g/mol. The molecule has 0 aliphatic heterocycles. The quantitative estimate of drug-likeness (QED) is 0.638. The summed E-state index contributed by atoms with van der Waals surface area (Å²) in [7, 11) is 0. The number of aliphatic imine (C=N–C) groups is 1. The summed E-state index contributed by atoms with van der Waals surface area (Å²) in [5, 5.41) is 11.5. The number of nitrogens with zero attached hydrogens (tertiary/aromatic N) is 2. The lowest BCUT2D eigenvalue weighted by Crippen LogP contribution is -2.24. The third-order valence-corrected chi connectivity index (χ3v) is 2.36. The molecule has 0 aromatic carbocycles. The maximum atomic E-state index is 11.3. The molecule has 2 aromatic rings. The Balaban J connectivity index is 2.43. The fourth-order valence-corrected chi connectivity index (χ4v) is 1.48. The Morgan fingerprint density at radius 1 is 1.44 bits per heavy atom. The fraction of sp³-hybridized carbons (Fsp3) is 0. The molecule has 2 heterocycles. The van der Waals surface area contributed by atoms with E-state index in [0.717, 1.165) is 6.21 Å². The van der Waals surface area contributed by atoms with E-state index in [1.807, 2.05) is 9.97 Å².